The maximum absolute atomic E-state index is 12.5. The molecule has 1 aromatic rings. The second-order valence-corrected chi connectivity index (χ2v) is 6.81. The molecule has 2 aliphatic rings. The van der Waals surface area contributed by atoms with Crippen LogP contribution >= 0.6 is 0 Å². The van der Waals surface area contributed by atoms with Crippen LogP contribution in [0.4, 0.5) is 0 Å². The van der Waals surface area contributed by atoms with E-state index in [1.54, 1.807) is 0 Å². The molecule has 0 radical (unpaired) electrons. The van der Waals surface area contributed by atoms with Crippen LogP contribution in [0.2, 0.25) is 0 Å². The summed E-state index contributed by atoms with van der Waals surface area (Å²) < 4.78 is 0. The highest BCUT2D eigenvalue weighted by molar-refractivity contribution is 5.78. The van der Waals surface area contributed by atoms with Gasteiger partial charge in [0.25, 0.3) is 0 Å². The van der Waals surface area contributed by atoms with Crippen LogP contribution in [-0.2, 0) is 11.3 Å². The summed E-state index contributed by atoms with van der Waals surface area (Å²) in [4.78, 5) is 23.7. The zero-order chi connectivity index (χ0) is 16.1. The molecule has 3 rings (SSSR count). The van der Waals surface area contributed by atoms with E-state index in [9.17, 15) is 4.79 Å². The smallest absolute Gasteiger partial charge is 0.236 e. The highest BCUT2D eigenvalue weighted by Crippen LogP contribution is 2.17. The predicted octanol–water partition coefficient (Wildman–Crippen LogP) is 1.60. The van der Waals surface area contributed by atoms with E-state index in [1.165, 1.54) is 6.42 Å². The molecule has 3 heterocycles. The number of carbonyl (C=O) groups excluding carboxylic acids is 1. The fourth-order valence-electron chi connectivity index (χ4n) is 3.58. The molecule has 1 amide bonds. The molecule has 0 aliphatic carbocycles. The minimum Gasteiger partial charge on any atom is -0.339 e. The number of rotatable bonds is 4. The molecule has 0 spiro atoms. The Kier molecular flexibility index (Phi) is 5.62. The van der Waals surface area contributed by atoms with E-state index in [0.717, 1.165) is 57.8 Å². The van der Waals surface area contributed by atoms with Gasteiger partial charge in [0.2, 0.25) is 5.91 Å². The molecule has 1 atom stereocenters. The van der Waals surface area contributed by atoms with Gasteiger partial charge in [-0.15, -0.1) is 0 Å². The number of nitrogens with zero attached hydrogens (tertiary/aromatic N) is 4. The molecular weight excluding hydrogens is 288 g/mol. The third-order valence-electron chi connectivity index (χ3n) is 5.06. The second kappa shape index (κ2) is 7.88. The first kappa shape index (κ1) is 16.4. The van der Waals surface area contributed by atoms with E-state index in [4.69, 9.17) is 0 Å². The van der Waals surface area contributed by atoms with Gasteiger partial charge in [0.15, 0.2) is 0 Å². The molecule has 0 saturated carbocycles. The van der Waals surface area contributed by atoms with Crippen molar-refractivity contribution in [2.75, 3.05) is 39.3 Å². The average molecular weight is 316 g/mol. The number of piperidine rings is 1. The molecule has 0 aromatic carbocycles. The van der Waals surface area contributed by atoms with E-state index < -0.39 is 0 Å². The summed E-state index contributed by atoms with van der Waals surface area (Å²) in [5.74, 6) is 0.315. The lowest BCUT2D eigenvalue weighted by Gasteiger charge is -2.38. The number of carbonyl (C=O) groups is 1. The number of hydrogen-bond acceptors (Lipinski definition) is 4. The summed E-state index contributed by atoms with van der Waals surface area (Å²) in [7, 11) is 0. The maximum Gasteiger partial charge on any atom is 0.236 e. The molecule has 1 unspecified atom stereocenters. The zero-order valence-electron chi connectivity index (χ0n) is 14.2. The van der Waals surface area contributed by atoms with Crippen LogP contribution in [0.1, 0.15) is 31.9 Å². The fourth-order valence-corrected chi connectivity index (χ4v) is 3.58. The van der Waals surface area contributed by atoms with Crippen molar-refractivity contribution in [3.8, 4) is 0 Å². The SMILES string of the molecule is CC1CCCCN1C(=O)CN1CCN(Cc2ccccn2)CC1. The lowest BCUT2D eigenvalue weighted by Crippen LogP contribution is -2.51. The van der Waals surface area contributed by atoms with Crippen LogP contribution in [0, 0.1) is 0 Å². The summed E-state index contributed by atoms with van der Waals surface area (Å²) in [6.45, 7) is 8.59. The Morgan fingerprint density at radius 2 is 1.91 bits per heavy atom. The molecular formula is C18H28N4O. The van der Waals surface area contributed by atoms with Gasteiger partial charge in [-0.2, -0.15) is 0 Å². The fraction of sp³-hybridized carbons (Fsp3) is 0.667. The van der Waals surface area contributed by atoms with Crippen molar-refractivity contribution in [1.82, 2.24) is 19.7 Å². The Hall–Kier alpha value is -1.46. The lowest BCUT2D eigenvalue weighted by molar-refractivity contribution is -0.136. The number of amides is 1. The quantitative estimate of drug-likeness (QED) is 0.846. The second-order valence-electron chi connectivity index (χ2n) is 6.81. The first-order valence-electron chi connectivity index (χ1n) is 8.86. The Morgan fingerprint density at radius 3 is 2.61 bits per heavy atom. The summed E-state index contributed by atoms with van der Waals surface area (Å²) in [6, 6.07) is 6.49. The molecule has 2 aliphatic heterocycles. The van der Waals surface area contributed by atoms with Gasteiger partial charge >= 0.3 is 0 Å². The Balaban J connectivity index is 1.43. The minimum atomic E-state index is 0.315. The number of hydrogen-bond donors (Lipinski definition) is 0. The normalized spacial score (nSPS) is 23.9. The molecule has 5 nitrogen and oxygen atoms in total. The third-order valence-corrected chi connectivity index (χ3v) is 5.06. The summed E-state index contributed by atoms with van der Waals surface area (Å²) in [5.41, 5.74) is 1.12. The maximum atomic E-state index is 12.5. The van der Waals surface area contributed by atoms with Gasteiger partial charge in [0.1, 0.15) is 0 Å². The van der Waals surface area contributed by atoms with Crippen molar-refractivity contribution in [3.63, 3.8) is 0 Å². The van der Waals surface area contributed by atoms with Crippen molar-refractivity contribution in [3.05, 3.63) is 30.1 Å². The monoisotopic (exact) mass is 316 g/mol. The molecule has 0 bridgehead atoms. The van der Waals surface area contributed by atoms with Gasteiger partial charge in [0, 0.05) is 51.5 Å². The molecule has 5 heteroatoms. The van der Waals surface area contributed by atoms with Crippen LogP contribution in [0.3, 0.4) is 0 Å². The van der Waals surface area contributed by atoms with Gasteiger partial charge in [-0.3, -0.25) is 19.6 Å². The van der Waals surface area contributed by atoms with E-state index in [0.29, 0.717) is 18.5 Å². The van der Waals surface area contributed by atoms with Gasteiger partial charge < -0.3 is 4.90 Å². The van der Waals surface area contributed by atoms with Crippen molar-refractivity contribution < 1.29 is 4.79 Å². The van der Waals surface area contributed by atoms with Crippen LogP contribution < -0.4 is 0 Å². The zero-order valence-corrected chi connectivity index (χ0v) is 14.2. The number of pyridine rings is 1. The molecule has 23 heavy (non-hydrogen) atoms. The molecule has 126 valence electrons. The van der Waals surface area contributed by atoms with E-state index in [2.05, 4.69) is 32.7 Å². The van der Waals surface area contributed by atoms with Crippen LogP contribution in [0.5, 0.6) is 0 Å². The highest BCUT2D eigenvalue weighted by Gasteiger charge is 2.26. The van der Waals surface area contributed by atoms with Gasteiger partial charge in [-0.1, -0.05) is 6.07 Å². The van der Waals surface area contributed by atoms with Crippen molar-refractivity contribution in [2.24, 2.45) is 0 Å². The van der Waals surface area contributed by atoms with Crippen LogP contribution in [-0.4, -0.2) is 70.9 Å². The topological polar surface area (TPSA) is 39.7 Å². The van der Waals surface area contributed by atoms with Gasteiger partial charge in [0.05, 0.1) is 12.2 Å². The van der Waals surface area contributed by atoms with Crippen molar-refractivity contribution in [1.29, 1.82) is 0 Å². The summed E-state index contributed by atoms with van der Waals surface area (Å²) in [6.07, 6.45) is 5.43. The number of aromatic nitrogens is 1. The van der Waals surface area contributed by atoms with E-state index >= 15 is 0 Å². The lowest BCUT2D eigenvalue weighted by atomic mass is 10.0. The molecule has 2 saturated heterocycles. The minimum absolute atomic E-state index is 0.315. The Bertz CT molecular complexity index is 499. The standard InChI is InChI=1S/C18H28N4O/c1-16-6-3-5-9-22(16)18(23)15-21-12-10-20(11-13-21)14-17-7-2-4-8-19-17/h2,4,7-8,16H,3,5-6,9-15H2,1H3. The van der Waals surface area contributed by atoms with Gasteiger partial charge in [-0.05, 0) is 38.3 Å². The average Bonchev–Trinajstić information content (AvgIpc) is 2.58. The molecule has 2 fully saturated rings. The van der Waals surface area contributed by atoms with E-state index in [1.807, 2.05) is 18.3 Å². The Morgan fingerprint density at radius 1 is 1.13 bits per heavy atom. The summed E-state index contributed by atoms with van der Waals surface area (Å²) >= 11 is 0. The third kappa shape index (κ3) is 4.52. The number of likely N-dealkylation sites (tertiary alicyclic amines) is 1. The van der Waals surface area contributed by atoms with Crippen LogP contribution in [0.15, 0.2) is 24.4 Å². The van der Waals surface area contributed by atoms with Gasteiger partial charge in [-0.25, -0.2) is 0 Å². The van der Waals surface area contributed by atoms with Crippen molar-refractivity contribution in [2.45, 2.75) is 38.8 Å². The first-order valence-corrected chi connectivity index (χ1v) is 8.86. The number of piperazine rings is 1. The summed E-state index contributed by atoms with van der Waals surface area (Å²) in [5, 5.41) is 0. The van der Waals surface area contributed by atoms with E-state index in [-0.39, 0.29) is 0 Å². The van der Waals surface area contributed by atoms with Crippen molar-refractivity contribution >= 4 is 5.91 Å². The molecule has 1 aromatic heterocycles. The largest absolute Gasteiger partial charge is 0.339 e. The Labute approximate surface area is 139 Å². The predicted molar refractivity (Wildman–Crippen MR) is 91.0 cm³/mol. The highest BCUT2D eigenvalue weighted by atomic mass is 16.2. The first-order chi connectivity index (χ1) is 11.2. The molecule has 0 N–H and O–H groups in total. The van der Waals surface area contributed by atoms with Crippen LogP contribution in [0.25, 0.3) is 0 Å².